The van der Waals surface area contributed by atoms with Gasteiger partial charge in [-0.3, -0.25) is 0 Å². The molecule has 0 spiro atoms. The molecule has 0 atom stereocenters. The SMILES string of the molecule is c1cc(-c2ccc(-c3cccc4ccccc34)cc2)cc(N(c2cccc(-c3cccc4ccccc34)c2)c2cccc(-c3cccc4oc5ccccc5c34)c2)c1. The van der Waals surface area contributed by atoms with Crippen LogP contribution in [0.2, 0.25) is 0 Å². The Balaban J connectivity index is 1.05. The van der Waals surface area contributed by atoms with Gasteiger partial charge in [0.1, 0.15) is 11.2 Å². The number of anilines is 3. The van der Waals surface area contributed by atoms with Crippen LogP contribution in [-0.4, -0.2) is 0 Å². The van der Waals surface area contributed by atoms with Crippen molar-refractivity contribution in [2.24, 2.45) is 0 Å². The Kier molecular flexibility index (Phi) is 8.19. The summed E-state index contributed by atoms with van der Waals surface area (Å²) < 4.78 is 6.31. The zero-order valence-electron chi connectivity index (χ0n) is 31.7. The number of furan rings is 1. The van der Waals surface area contributed by atoms with Crippen LogP contribution in [0.1, 0.15) is 0 Å². The van der Waals surface area contributed by atoms with E-state index in [9.17, 15) is 0 Å². The highest BCUT2D eigenvalue weighted by atomic mass is 16.3. The van der Waals surface area contributed by atoms with Gasteiger partial charge in [0.15, 0.2) is 0 Å². The van der Waals surface area contributed by atoms with Crippen molar-refractivity contribution in [3.8, 4) is 44.5 Å². The van der Waals surface area contributed by atoms with E-state index in [1.54, 1.807) is 0 Å². The van der Waals surface area contributed by atoms with Gasteiger partial charge in [-0.15, -0.1) is 0 Å². The lowest BCUT2D eigenvalue weighted by Crippen LogP contribution is -2.10. The summed E-state index contributed by atoms with van der Waals surface area (Å²) in [5, 5.41) is 7.24. The summed E-state index contributed by atoms with van der Waals surface area (Å²) >= 11 is 0. The summed E-state index contributed by atoms with van der Waals surface area (Å²) in [6.07, 6.45) is 0. The molecule has 0 radical (unpaired) electrons. The van der Waals surface area contributed by atoms with E-state index in [4.69, 9.17) is 4.42 Å². The van der Waals surface area contributed by atoms with Gasteiger partial charge in [-0.1, -0.05) is 176 Å². The molecule has 58 heavy (non-hydrogen) atoms. The van der Waals surface area contributed by atoms with Crippen molar-refractivity contribution in [2.45, 2.75) is 0 Å². The lowest BCUT2D eigenvalue weighted by atomic mass is 9.96. The molecule has 0 aliphatic rings. The molecule has 0 N–H and O–H groups in total. The van der Waals surface area contributed by atoms with Crippen LogP contribution in [0, 0.1) is 0 Å². The van der Waals surface area contributed by atoms with Gasteiger partial charge < -0.3 is 9.32 Å². The average molecular weight is 740 g/mol. The fourth-order valence-electron chi connectivity index (χ4n) is 8.71. The monoisotopic (exact) mass is 739 g/mol. The molecule has 272 valence electrons. The smallest absolute Gasteiger partial charge is 0.136 e. The van der Waals surface area contributed by atoms with Crippen LogP contribution in [-0.2, 0) is 0 Å². The van der Waals surface area contributed by atoms with Crippen molar-refractivity contribution in [3.05, 3.63) is 224 Å². The highest BCUT2D eigenvalue weighted by molar-refractivity contribution is 6.12. The summed E-state index contributed by atoms with van der Waals surface area (Å²) in [5.41, 5.74) is 14.5. The van der Waals surface area contributed by atoms with Gasteiger partial charge in [-0.05, 0) is 115 Å². The van der Waals surface area contributed by atoms with Crippen molar-refractivity contribution < 1.29 is 4.42 Å². The highest BCUT2D eigenvalue weighted by Gasteiger charge is 2.18. The van der Waals surface area contributed by atoms with E-state index in [0.717, 1.165) is 55.7 Å². The summed E-state index contributed by atoms with van der Waals surface area (Å²) in [6.45, 7) is 0. The number of para-hydroxylation sites is 1. The van der Waals surface area contributed by atoms with Crippen LogP contribution in [0.25, 0.3) is 88.0 Å². The first kappa shape index (κ1) is 33.6. The van der Waals surface area contributed by atoms with Gasteiger partial charge in [0.05, 0.1) is 0 Å². The zero-order chi connectivity index (χ0) is 38.4. The van der Waals surface area contributed by atoms with Gasteiger partial charge in [0, 0.05) is 27.8 Å². The fraction of sp³-hybridized carbons (Fsp3) is 0. The first-order valence-corrected chi connectivity index (χ1v) is 19.8. The Morgan fingerprint density at radius 1 is 0.276 bits per heavy atom. The maximum Gasteiger partial charge on any atom is 0.136 e. The standard InChI is InChI=1S/C56H37NO/c1-3-23-48-39(13-1)15-10-26-50(48)41-33-31-38(32-34-41)42-17-7-20-45(35-42)57(46-21-8-18-43(36-46)51-27-11-16-40-14-2-4-24-49(40)51)47-22-9-19-44(37-47)52-28-12-30-55-56(52)53-25-5-6-29-54(53)58-55/h1-37H. The predicted octanol–water partition coefficient (Wildman–Crippen LogP) is 16.0. The normalized spacial score (nSPS) is 11.4. The third kappa shape index (κ3) is 5.91. The largest absolute Gasteiger partial charge is 0.456 e. The highest BCUT2D eigenvalue weighted by Crippen LogP contribution is 2.43. The topological polar surface area (TPSA) is 16.4 Å². The minimum absolute atomic E-state index is 0.892. The predicted molar refractivity (Wildman–Crippen MR) is 245 cm³/mol. The molecule has 0 aliphatic heterocycles. The van der Waals surface area contributed by atoms with Gasteiger partial charge >= 0.3 is 0 Å². The minimum atomic E-state index is 0.892. The molecule has 2 heteroatoms. The van der Waals surface area contributed by atoms with E-state index in [2.05, 4.69) is 217 Å². The molecule has 1 aromatic heterocycles. The van der Waals surface area contributed by atoms with Crippen LogP contribution in [0.5, 0.6) is 0 Å². The number of fused-ring (bicyclic) bond motifs is 5. The second-order valence-electron chi connectivity index (χ2n) is 14.9. The van der Waals surface area contributed by atoms with E-state index in [0.29, 0.717) is 0 Å². The molecule has 2 nitrogen and oxygen atoms in total. The molecule has 1 heterocycles. The second-order valence-corrected chi connectivity index (χ2v) is 14.9. The average Bonchev–Trinajstić information content (AvgIpc) is 3.68. The van der Waals surface area contributed by atoms with Crippen LogP contribution < -0.4 is 4.90 Å². The quantitative estimate of drug-likeness (QED) is 0.162. The Bertz CT molecular complexity index is 3290. The van der Waals surface area contributed by atoms with E-state index >= 15 is 0 Å². The molecule has 0 saturated carbocycles. The van der Waals surface area contributed by atoms with Crippen molar-refractivity contribution in [1.82, 2.24) is 0 Å². The van der Waals surface area contributed by atoms with Crippen LogP contribution in [0.4, 0.5) is 17.1 Å². The number of nitrogens with zero attached hydrogens (tertiary/aromatic N) is 1. The van der Waals surface area contributed by atoms with Crippen molar-refractivity contribution in [1.29, 1.82) is 0 Å². The number of rotatable bonds is 7. The molecule has 0 fully saturated rings. The van der Waals surface area contributed by atoms with Crippen molar-refractivity contribution >= 4 is 60.5 Å². The first-order valence-electron chi connectivity index (χ1n) is 19.8. The van der Waals surface area contributed by atoms with Gasteiger partial charge in [-0.2, -0.15) is 0 Å². The van der Waals surface area contributed by atoms with Gasteiger partial charge in [0.25, 0.3) is 0 Å². The lowest BCUT2D eigenvalue weighted by Gasteiger charge is -2.27. The maximum atomic E-state index is 6.31. The zero-order valence-corrected chi connectivity index (χ0v) is 31.7. The summed E-state index contributed by atoms with van der Waals surface area (Å²) in [4.78, 5) is 2.39. The summed E-state index contributed by atoms with van der Waals surface area (Å²) in [5.74, 6) is 0. The Morgan fingerprint density at radius 2 is 0.707 bits per heavy atom. The van der Waals surface area contributed by atoms with Crippen molar-refractivity contribution in [2.75, 3.05) is 4.90 Å². The molecular weight excluding hydrogens is 703 g/mol. The van der Waals surface area contributed by atoms with E-state index in [1.807, 2.05) is 12.1 Å². The number of hydrogen-bond donors (Lipinski definition) is 0. The Labute approximate surface area is 337 Å². The summed E-state index contributed by atoms with van der Waals surface area (Å²) in [6, 6.07) is 80.8. The van der Waals surface area contributed by atoms with Crippen LogP contribution >= 0.6 is 0 Å². The fourth-order valence-corrected chi connectivity index (χ4v) is 8.71. The number of benzene rings is 10. The van der Waals surface area contributed by atoms with Gasteiger partial charge in [-0.25, -0.2) is 0 Å². The molecule has 10 aromatic carbocycles. The van der Waals surface area contributed by atoms with Gasteiger partial charge in [0.2, 0.25) is 0 Å². The third-order valence-electron chi connectivity index (χ3n) is 11.4. The molecule has 0 bridgehead atoms. The second kappa shape index (κ2) is 14.1. The molecule has 0 saturated heterocycles. The molecular formula is C56H37NO. The van der Waals surface area contributed by atoms with E-state index < -0.39 is 0 Å². The maximum absolute atomic E-state index is 6.31. The lowest BCUT2D eigenvalue weighted by molar-refractivity contribution is 0.669. The molecule has 0 unspecified atom stereocenters. The molecule has 11 aromatic rings. The third-order valence-corrected chi connectivity index (χ3v) is 11.4. The first-order chi connectivity index (χ1) is 28.7. The number of hydrogen-bond acceptors (Lipinski definition) is 2. The molecule has 0 aliphatic carbocycles. The van der Waals surface area contributed by atoms with Crippen LogP contribution in [0.15, 0.2) is 229 Å². The molecule has 0 amide bonds. The van der Waals surface area contributed by atoms with E-state index in [1.165, 1.54) is 49.4 Å². The van der Waals surface area contributed by atoms with E-state index in [-0.39, 0.29) is 0 Å². The Hall–Kier alpha value is -7.68. The molecule has 11 rings (SSSR count). The Morgan fingerprint density at radius 3 is 1.36 bits per heavy atom. The van der Waals surface area contributed by atoms with Crippen LogP contribution in [0.3, 0.4) is 0 Å². The summed E-state index contributed by atoms with van der Waals surface area (Å²) in [7, 11) is 0. The minimum Gasteiger partial charge on any atom is -0.456 e. The van der Waals surface area contributed by atoms with Crippen molar-refractivity contribution in [3.63, 3.8) is 0 Å².